The molecule has 0 amide bonds. The van der Waals surface area contributed by atoms with E-state index in [4.69, 9.17) is 0 Å². The van der Waals surface area contributed by atoms with Crippen LogP contribution in [-0.4, -0.2) is 15.0 Å². The molecule has 16 heavy (non-hydrogen) atoms. The highest BCUT2D eigenvalue weighted by molar-refractivity contribution is 7.09. The lowest BCUT2D eigenvalue weighted by atomic mass is 10.1. The van der Waals surface area contributed by atoms with Crippen molar-refractivity contribution >= 4 is 17.2 Å². The molecule has 2 rings (SSSR count). The van der Waals surface area contributed by atoms with Gasteiger partial charge in [0.1, 0.15) is 17.2 Å². The Bertz CT molecular complexity index is 439. The number of hydrogen-bond acceptors (Lipinski definition) is 5. The third-order valence-corrected chi connectivity index (χ3v) is 2.96. The quantitative estimate of drug-likeness (QED) is 0.883. The summed E-state index contributed by atoms with van der Waals surface area (Å²) >= 11 is 1.64. The molecular weight excluding hydrogens is 220 g/mol. The van der Waals surface area contributed by atoms with Crippen molar-refractivity contribution in [3.63, 3.8) is 0 Å². The zero-order chi connectivity index (χ0) is 11.4. The van der Waals surface area contributed by atoms with Gasteiger partial charge in [0.15, 0.2) is 0 Å². The van der Waals surface area contributed by atoms with Gasteiger partial charge in [-0.15, -0.1) is 11.3 Å². The van der Waals surface area contributed by atoms with E-state index < -0.39 is 0 Å². The summed E-state index contributed by atoms with van der Waals surface area (Å²) in [7, 11) is 0. The van der Waals surface area contributed by atoms with Gasteiger partial charge >= 0.3 is 0 Å². The lowest BCUT2D eigenvalue weighted by molar-refractivity contribution is 0.813. The molecule has 2 aromatic rings. The van der Waals surface area contributed by atoms with E-state index in [0.29, 0.717) is 12.5 Å². The molecule has 0 aliphatic carbocycles. The Kier molecular flexibility index (Phi) is 3.46. The summed E-state index contributed by atoms with van der Waals surface area (Å²) in [5.74, 6) is 1.28. The number of nitrogens with one attached hydrogen (secondary N) is 1. The van der Waals surface area contributed by atoms with Crippen LogP contribution in [0.3, 0.4) is 0 Å². The summed E-state index contributed by atoms with van der Waals surface area (Å²) in [6, 6.07) is 1.98. The molecule has 0 radical (unpaired) electrons. The Morgan fingerprint density at radius 2 is 2.19 bits per heavy atom. The fourth-order valence-electron chi connectivity index (χ4n) is 1.29. The van der Waals surface area contributed by atoms with Gasteiger partial charge in [-0.3, -0.25) is 0 Å². The van der Waals surface area contributed by atoms with Crippen molar-refractivity contribution in [1.29, 1.82) is 0 Å². The maximum Gasteiger partial charge on any atom is 0.129 e. The molecular formula is C11H14N4S. The monoisotopic (exact) mass is 234 g/mol. The zero-order valence-electron chi connectivity index (χ0n) is 9.34. The van der Waals surface area contributed by atoms with Gasteiger partial charge in [0, 0.05) is 23.3 Å². The van der Waals surface area contributed by atoms with Crippen molar-refractivity contribution in [2.24, 2.45) is 0 Å². The molecule has 4 nitrogen and oxygen atoms in total. The van der Waals surface area contributed by atoms with E-state index in [1.807, 2.05) is 11.4 Å². The number of hydrogen-bond donors (Lipinski definition) is 1. The molecule has 0 unspecified atom stereocenters. The standard InChI is InChI=1S/C11H14N4S/c1-8(2)9-5-10(15-7-14-9)13-6-11-12-3-4-16-11/h3-5,7-8H,6H2,1-2H3,(H,13,14,15). The van der Waals surface area contributed by atoms with Gasteiger partial charge in [0.2, 0.25) is 0 Å². The van der Waals surface area contributed by atoms with Crippen LogP contribution in [0.4, 0.5) is 5.82 Å². The first-order valence-electron chi connectivity index (χ1n) is 5.20. The molecule has 0 saturated heterocycles. The van der Waals surface area contributed by atoms with Crippen LogP contribution >= 0.6 is 11.3 Å². The highest BCUT2D eigenvalue weighted by Crippen LogP contribution is 2.14. The number of anilines is 1. The topological polar surface area (TPSA) is 50.7 Å². The number of nitrogens with zero attached hydrogens (tertiary/aromatic N) is 3. The zero-order valence-corrected chi connectivity index (χ0v) is 10.2. The van der Waals surface area contributed by atoms with E-state index in [-0.39, 0.29) is 0 Å². The minimum atomic E-state index is 0.420. The van der Waals surface area contributed by atoms with Gasteiger partial charge in [-0.1, -0.05) is 13.8 Å². The van der Waals surface area contributed by atoms with Crippen molar-refractivity contribution < 1.29 is 0 Å². The van der Waals surface area contributed by atoms with Crippen LogP contribution in [0.25, 0.3) is 0 Å². The first-order chi connectivity index (χ1) is 7.75. The van der Waals surface area contributed by atoms with E-state index in [0.717, 1.165) is 16.5 Å². The third kappa shape index (κ3) is 2.76. The molecule has 0 aromatic carbocycles. The van der Waals surface area contributed by atoms with E-state index in [1.54, 1.807) is 23.9 Å². The van der Waals surface area contributed by atoms with E-state index >= 15 is 0 Å². The predicted octanol–water partition coefficient (Wildman–Crippen LogP) is 2.67. The Morgan fingerprint density at radius 3 is 2.88 bits per heavy atom. The van der Waals surface area contributed by atoms with Crippen LogP contribution < -0.4 is 5.32 Å². The Hall–Kier alpha value is -1.49. The Labute approximate surface area is 98.8 Å². The fourth-order valence-corrected chi connectivity index (χ4v) is 1.85. The molecule has 0 saturated carbocycles. The van der Waals surface area contributed by atoms with Crippen LogP contribution in [0, 0.1) is 0 Å². The van der Waals surface area contributed by atoms with Gasteiger partial charge in [0.25, 0.3) is 0 Å². The van der Waals surface area contributed by atoms with Crippen molar-refractivity contribution in [3.05, 3.63) is 34.7 Å². The fraction of sp³-hybridized carbons (Fsp3) is 0.364. The van der Waals surface area contributed by atoms with Crippen LogP contribution in [0.15, 0.2) is 24.0 Å². The predicted molar refractivity (Wildman–Crippen MR) is 65.6 cm³/mol. The first-order valence-corrected chi connectivity index (χ1v) is 6.08. The second-order valence-corrected chi connectivity index (χ2v) is 4.74. The molecule has 0 fully saturated rings. The highest BCUT2D eigenvalue weighted by Gasteiger charge is 2.03. The number of rotatable bonds is 4. The minimum absolute atomic E-state index is 0.420. The maximum atomic E-state index is 4.22. The molecule has 1 N–H and O–H groups in total. The van der Waals surface area contributed by atoms with Crippen LogP contribution in [0.5, 0.6) is 0 Å². The van der Waals surface area contributed by atoms with Crippen molar-refractivity contribution in [2.45, 2.75) is 26.3 Å². The second-order valence-electron chi connectivity index (χ2n) is 3.76. The molecule has 84 valence electrons. The first kappa shape index (κ1) is 11.0. The summed E-state index contributed by atoms with van der Waals surface area (Å²) in [4.78, 5) is 12.6. The van der Waals surface area contributed by atoms with Gasteiger partial charge in [-0.05, 0) is 5.92 Å². The second kappa shape index (κ2) is 5.03. The normalized spacial score (nSPS) is 10.7. The average molecular weight is 234 g/mol. The molecule has 0 spiro atoms. The van der Waals surface area contributed by atoms with E-state index in [2.05, 4.69) is 34.1 Å². The lowest BCUT2D eigenvalue weighted by Crippen LogP contribution is -2.03. The van der Waals surface area contributed by atoms with E-state index in [1.165, 1.54) is 0 Å². The maximum absolute atomic E-state index is 4.22. The Morgan fingerprint density at radius 1 is 1.31 bits per heavy atom. The highest BCUT2D eigenvalue weighted by atomic mass is 32.1. The molecule has 2 aromatic heterocycles. The van der Waals surface area contributed by atoms with E-state index in [9.17, 15) is 0 Å². The van der Waals surface area contributed by atoms with Crippen molar-refractivity contribution in [1.82, 2.24) is 15.0 Å². The molecule has 0 atom stereocenters. The summed E-state index contributed by atoms with van der Waals surface area (Å²) in [6.45, 7) is 4.95. The SMILES string of the molecule is CC(C)c1cc(NCc2nccs2)ncn1. The Balaban J connectivity index is 2.01. The summed E-state index contributed by atoms with van der Waals surface area (Å²) < 4.78 is 0. The summed E-state index contributed by atoms with van der Waals surface area (Å²) in [6.07, 6.45) is 3.40. The molecule has 5 heteroatoms. The summed E-state index contributed by atoms with van der Waals surface area (Å²) in [5.41, 5.74) is 1.05. The van der Waals surface area contributed by atoms with Crippen molar-refractivity contribution in [2.75, 3.05) is 5.32 Å². The summed E-state index contributed by atoms with van der Waals surface area (Å²) in [5, 5.41) is 6.27. The largest absolute Gasteiger partial charge is 0.363 e. The van der Waals surface area contributed by atoms with Crippen LogP contribution in [0.1, 0.15) is 30.5 Å². The molecule has 0 aliphatic heterocycles. The van der Waals surface area contributed by atoms with Crippen LogP contribution in [-0.2, 0) is 6.54 Å². The molecule has 0 bridgehead atoms. The third-order valence-electron chi connectivity index (χ3n) is 2.18. The number of aromatic nitrogens is 3. The van der Waals surface area contributed by atoms with Crippen molar-refractivity contribution in [3.8, 4) is 0 Å². The van der Waals surface area contributed by atoms with Gasteiger partial charge in [0.05, 0.1) is 6.54 Å². The number of thiazole rings is 1. The van der Waals surface area contributed by atoms with Gasteiger partial charge < -0.3 is 5.32 Å². The van der Waals surface area contributed by atoms with Gasteiger partial charge in [-0.25, -0.2) is 15.0 Å². The van der Waals surface area contributed by atoms with Crippen LogP contribution in [0.2, 0.25) is 0 Å². The van der Waals surface area contributed by atoms with Gasteiger partial charge in [-0.2, -0.15) is 0 Å². The minimum Gasteiger partial charge on any atom is -0.363 e. The molecule has 0 aliphatic rings. The lowest BCUT2D eigenvalue weighted by Gasteiger charge is -2.07. The molecule has 2 heterocycles. The smallest absolute Gasteiger partial charge is 0.129 e. The average Bonchev–Trinajstić information content (AvgIpc) is 2.79.